The van der Waals surface area contributed by atoms with Crippen LogP contribution in [0, 0.1) is 0 Å². The first kappa shape index (κ1) is 16.2. The molecule has 1 N–H and O–H groups in total. The number of anilines is 1. The highest BCUT2D eigenvalue weighted by Gasteiger charge is 2.20. The predicted molar refractivity (Wildman–Crippen MR) is 89.8 cm³/mol. The van der Waals surface area contributed by atoms with Crippen molar-refractivity contribution in [2.24, 2.45) is 0 Å². The minimum Gasteiger partial charge on any atom is -0.478 e. The molecule has 1 saturated heterocycles. The van der Waals surface area contributed by atoms with E-state index in [4.69, 9.17) is 9.47 Å². The van der Waals surface area contributed by atoms with Crippen LogP contribution in [0.25, 0.3) is 0 Å². The summed E-state index contributed by atoms with van der Waals surface area (Å²) in [6, 6.07) is 2.34. The van der Waals surface area contributed by atoms with E-state index in [0.29, 0.717) is 18.5 Å². The zero-order valence-corrected chi connectivity index (χ0v) is 13.8. The monoisotopic (exact) mass is 318 g/mol. The molecule has 0 spiro atoms. The van der Waals surface area contributed by atoms with Crippen molar-refractivity contribution in [1.82, 2.24) is 14.9 Å². The minimum atomic E-state index is 0.465. The van der Waals surface area contributed by atoms with E-state index in [1.807, 2.05) is 13.0 Å². The van der Waals surface area contributed by atoms with E-state index in [1.165, 1.54) is 5.57 Å². The van der Waals surface area contributed by atoms with Crippen molar-refractivity contribution < 1.29 is 9.47 Å². The van der Waals surface area contributed by atoms with Crippen molar-refractivity contribution >= 4 is 5.82 Å². The highest BCUT2D eigenvalue weighted by atomic mass is 16.5. The fraction of sp³-hybridized carbons (Fsp3) is 0.647. The largest absolute Gasteiger partial charge is 0.478 e. The number of nitrogens with zero attached hydrogens (tertiary/aromatic N) is 3. The number of likely N-dealkylation sites (tertiary alicyclic amines) is 1. The van der Waals surface area contributed by atoms with Crippen LogP contribution < -0.4 is 10.1 Å². The van der Waals surface area contributed by atoms with Crippen molar-refractivity contribution in [1.29, 1.82) is 0 Å². The third-order valence-electron chi connectivity index (χ3n) is 4.28. The number of piperidine rings is 1. The van der Waals surface area contributed by atoms with Gasteiger partial charge in [-0.3, -0.25) is 4.90 Å². The smallest absolute Gasteiger partial charge is 0.218 e. The van der Waals surface area contributed by atoms with Gasteiger partial charge in [0.1, 0.15) is 12.1 Å². The number of hydrogen-bond acceptors (Lipinski definition) is 6. The lowest BCUT2D eigenvalue weighted by Crippen LogP contribution is -2.40. The van der Waals surface area contributed by atoms with Gasteiger partial charge in [0.25, 0.3) is 0 Å². The van der Waals surface area contributed by atoms with Gasteiger partial charge in [-0.25, -0.2) is 9.97 Å². The molecule has 3 rings (SSSR count). The van der Waals surface area contributed by atoms with Gasteiger partial charge in [-0.1, -0.05) is 6.08 Å². The Labute approximate surface area is 137 Å². The Balaban J connectivity index is 1.45. The maximum atomic E-state index is 5.52. The van der Waals surface area contributed by atoms with Crippen LogP contribution in [-0.4, -0.2) is 60.4 Å². The molecule has 0 aromatic carbocycles. The molecule has 2 aliphatic heterocycles. The van der Waals surface area contributed by atoms with Crippen LogP contribution >= 0.6 is 0 Å². The second kappa shape index (κ2) is 8.26. The molecule has 1 aromatic heterocycles. The molecule has 0 unspecified atom stereocenters. The summed E-state index contributed by atoms with van der Waals surface area (Å²) < 4.78 is 10.9. The molecular formula is C17H26N4O2. The summed E-state index contributed by atoms with van der Waals surface area (Å²) in [6.45, 7) is 7.52. The molecule has 0 bridgehead atoms. The van der Waals surface area contributed by atoms with Crippen LogP contribution in [0.2, 0.25) is 0 Å². The van der Waals surface area contributed by atoms with E-state index >= 15 is 0 Å². The highest BCUT2D eigenvalue weighted by Crippen LogP contribution is 2.18. The van der Waals surface area contributed by atoms with Gasteiger partial charge in [0.15, 0.2) is 0 Å². The van der Waals surface area contributed by atoms with Crippen LogP contribution in [0.1, 0.15) is 26.2 Å². The number of aromatic nitrogens is 2. The maximum Gasteiger partial charge on any atom is 0.218 e. The van der Waals surface area contributed by atoms with Gasteiger partial charge >= 0.3 is 0 Å². The molecule has 126 valence electrons. The highest BCUT2D eigenvalue weighted by molar-refractivity contribution is 5.38. The topological polar surface area (TPSA) is 59.5 Å². The van der Waals surface area contributed by atoms with Gasteiger partial charge in [0, 0.05) is 31.7 Å². The third kappa shape index (κ3) is 4.91. The van der Waals surface area contributed by atoms with E-state index in [0.717, 1.165) is 57.9 Å². The standard InChI is InChI=1S/C17H26N4O2/c1-2-23-17-10-16(18-13-19-17)20-15-5-7-21(8-6-15)11-14-4-3-9-22-12-14/h4,10,13,15H,2-3,5-9,11-12H2,1H3,(H,18,19,20). The summed E-state index contributed by atoms with van der Waals surface area (Å²) in [5.74, 6) is 1.48. The molecule has 1 aromatic rings. The van der Waals surface area contributed by atoms with E-state index in [9.17, 15) is 0 Å². The summed E-state index contributed by atoms with van der Waals surface area (Å²) in [4.78, 5) is 10.9. The molecule has 0 saturated carbocycles. The fourth-order valence-electron chi connectivity index (χ4n) is 3.10. The molecule has 3 heterocycles. The molecule has 0 atom stereocenters. The molecule has 0 aliphatic carbocycles. The first-order valence-electron chi connectivity index (χ1n) is 8.53. The van der Waals surface area contributed by atoms with Crippen molar-refractivity contribution in [3.8, 4) is 5.88 Å². The van der Waals surface area contributed by atoms with Crippen LogP contribution in [-0.2, 0) is 4.74 Å². The number of rotatable bonds is 6. The molecule has 6 heteroatoms. The minimum absolute atomic E-state index is 0.465. The summed E-state index contributed by atoms with van der Waals surface area (Å²) in [7, 11) is 0. The zero-order valence-electron chi connectivity index (χ0n) is 13.8. The Kier molecular flexibility index (Phi) is 5.82. The predicted octanol–water partition coefficient (Wildman–Crippen LogP) is 2.10. The first-order chi connectivity index (χ1) is 11.3. The lowest BCUT2D eigenvalue weighted by molar-refractivity contribution is 0.138. The van der Waals surface area contributed by atoms with Gasteiger partial charge in [0.2, 0.25) is 5.88 Å². The SMILES string of the molecule is CCOc1cc(NC2CCN(CC3=CCCOC3)CC2)ncn1. The molecule has 23 heavy (non-hydrogen) atoms. The zero-order chi connectivity index (χ0) is 15.9. The Morgan fingerprint density at radius 1 is 1.35 bits per heavy atom. The van der Waals surface area contributed by atoms with Crippen molar-refractivity contribution in [2.75, 3.05) is 44.8 Å². The second-order valence-corrected chi connectivity index (χ2v) is 6.07. The van der Waals surface area contributed by atoms with E-state index in [1.54, 1.807) is 6.33 Å². The van der Waals surface area contributed by atoms with Crippen LogP contribution in [0.4, 0.5) is 5.82 Å². The maximum absolute atomic E-state index is 5.52. The number of ether oxygens (including phenoxy) is 2. The molecular weight excluding hydrogens is 292 g/mol. The van der Waals surface area contributed by atoms with Gasteiger partial charge in [-0.15, -0.1) is 0 Å². The van der Waals surface area contributed by atoms with Crippen LogP contribution in [0.15, 0.2) is 24.0 Å². The summed E-state index contributed by atoms with van der Waals surface area (Å²) >= 11 is 0. The molecule has 6 nitrogen and oxygen atoms in total. The van der Waals surface area contributed by atoms with Crippen LogP contribution in [0.5, 0.6) is 5.88 Å². The van der Waals surface area contributed by atoms with Crippen molar-refractivity contribution in [3.63, 3.8) is 0 Å². The van der Waals surface area contributed by atoms with E-state index in [-0.39, 0.29) is 0 Å². The Morgan fingerprint density at radius 2 is 2.22 bits per heavy atom. The second-order valence-electron chi connectivity index (χ2n) is 6.07. The molecule has 1 fully saturated rings. The first-order valence-corrected chi connectivity index (χ1v) is 8.53. The van der Waals surface area contributed by atoms with Gasteiger partial charge in [-0.05, 0) is 31.8 Å². The molecule has 0 radical (unpaired) electrons. The number of nitrogens with one attached hydrogen (secondary N) is 1. The van der Waals surface area contributed by atoms with Crippen molar-refractivity contribution in [3.05, 3.63) is 24.0 Å². The Bertz CT molecular complexity index is 527. The third-order valence-corrected chi connectivity index (χ3v) is 4.28. The van der Waals surface area contributed by atoms with E-state index in [2.05, 4.69) is 26.3 Å². The molecule has 0 amide bonds. The quantitative estimate of drug-likeness (QED) is 0.811. The number of hydrogen-bond donors (Lipinski definition) is 1. The lowest BCUT2D eigenvalue weighted by atomic mass is 10.0. The van der Waals surface area contributed by atoms with E-state index < -0.39 is 0 Å². The fourth-order valence-corrected chi connectivity index (χ4v) is 3.10. The summed E-state index contributed by atoms with van der Waals surface area (Å²) in [5.41, 5.74) is 1.43. The lowest BCUT2D eigenvalue weighted by Gasteiger charge is -2.33. The van der Waals surface area contributed by atoms with Gasteiger partial charge in [-0.2, -0.15) is 0 Å². The summed E-state index contributed by atoms with van der Waals surface area (Å²) in [5, 5.41) is 3.51. The van der Waals surface area contributed by atoms with Gasteiger partial charge in [0.05, 0.1) is 19.8 Å². The van der Waals surface area contributed by atoms with Crippen LogP contribution in [0.3, 0.4) is 0 Å². The normalized spacial score (nSPS) is 20.1. The molecule has 2 aliphatic rings. The van der Waals surface area contributed by atoms with Crippen molar-refractivity contribution in [2.45, 2.75) is 32.2 Å². The average molecular weight is 318 g/mol. The Morgan fingerprint density at radius 3 is 2.96 bits per heavy atom. The average Bonchev–Trinajstić information content (AvgIpc) is 2.58. The summed E-state index contributed by atoms with van der Waals surface area (Å²) in [6.07, 6.45) is 7.20. The van der Waals surface area contributed by atoms with Gasteiger partial charge < -0.3 is 14.8 Å². The Hall–Kier alpha value is -1.66.